The average Bonchev–Trinajstić information content (AvgIpc) is 3.34. The number of nitrogens with one attached hydrogen (secondary N) is 2. The predicted molar refractivity (Wildman–Crippen MR) is 146 cm³/mol. The van der Waals surface area contributed by atoms with Crippen molar-refractivity contribution in [3.63, 3.8) is 0 Å². The van der Waals surface area contributed by atoms with E-state index in [-0.39, 0.29) is 30.4 Å². The third-order valence-corrected chi connectivity index (χ3v) is 8.01. The Morgan fingerprint density at radius 3 is 2.71 bits per heavy atom. The number of methoxy groups -OCH3 is 1. The van der Waals surface area contributed by atoms with E-state index in [1.807, 2.05) is 18.1 Å². The Balaban J connectivity index is 1.58. The van der Waals surface area contributed by atoms with E-state index in [0.717, 1.165) is 55.4 Å². The van der Waals surface area contributed by atoms with Gasteiger partial charge in [-0.25, -0.2) is 9.50 Å². The fourth-order valence-electron chi connectivity index (χ4n) is 5.38. The summed E-state index contributed by atoms with van der Waals surface area (Å²) in [5, 5.41) is 11.4. The summed E-state index contributed by atoms with van der Waals surface area (Å²) in [6.07, 6.45) is 8.86. The molecule has 2 amide bonds. The van der Waals surface area contributed by atoms with Crippen LogP contribution in [0.4, 0.5) is 5.82 Å². The number of piperidine rings is 1. The normalized spacial score (nSPS) is 20.0. The van der Waals surface area contributed by atoms with Gasteiger partial charge in [-0.1, -0.05) is 33.1 Å². The molecule has 2 aliphatic rings. The van der Waals surface area contributed by atoms with E-state index in [9.17, 15) is 9.59 Å². The molecule has 11 heteroatoms. The molecule has 210 valence electrons. The van der Waals surface area contributed by atoms with Crippen molar-refractivity contribution in [3.05, 3.63) is 17.6 Å². The smallest absolute Gasteiger partial charge is 0.252 e. The molecule has 3 atom stereocenters. The maximum atomic E-state index is 12.6. The largest absolute Gasteiger partial charge is 0.375 e. The van der Waals surface area contributed by atoms with E-state index in [1.165, 1.54) is 20.0 Å². The molecule has 2 fully saturated rings. The molecular formula is C27H44N8O3. The van der Waals surface area contributed by atoms with Crippen LogP contribution in [-0.4, -0.2) is 89.8 Å². The Labute approximate surface area is 225 Å². The molecular weight excluding hydrogens is 484 g/mol. The van der Waals surface area contributed by atoms with Crippen LogP contribution in [0.2, 0.25) is 0 Å². The monoisotopic (exact) mass is 528 g/mol. The minimum Gasteiger partial charge on any atom is -0.375 e. The van der Waals surface area contributed by atoms with Gasteiger partial charge in [0.1, 0.15) is 12.3 Å². The molecule has 11 nitrogen and oxygen atoms in total. The van der Waals surface area contributed by atoms with Crippen molar-refractivity contribution in [3.8, 4) is 0 Å². The highest BCUT2D eigenvalue weighted by molar-refractivity contribution is 5.80. The van der Waals surface area contributed by atoms with E-state index in [4.69, 9.17) is 19.8 Å². The maximum absolute atomic E-state index is 12.6. The predicted octanol–water partition coefficient (Wildman–Crippen LogP) is 1.96. The Bertz CT molecular complexity index is 1080. The highest BCUT2D eigenvalue weighted by Crippen LogP contribution is 2.26. The van der Waals surface area contributed by atoms with Crippen molar-refractivity contribution in [2.24, 2.45) is 11.8 Å². The van der Waals surface area contributed by atoms with Crippen LogP contribution in [0.5, 0.6) is 0 Å². The zero-order valence-corrected chi connectivity index (χ0v) is 23.4. The first-order chi connectivity index (χ1) is 18.4. The number of carbonyl (C=O) groups is 2. The number of hydrogen-bond donors (Lipinski definition) is 2. The fraction of sp³-hybridized carbons (Fsp3) is 0.741. The molecule has 4 heterocycles. The highest BCUT2D eigenvalue weighted by atomic mass is 16.5. The first-order valence-corrected chi connectivity index (χ1v) is 14.2. The van der Waals surface area contributed by atoms with Gasteiger partial charge in [-0.2, -0.15) is 10.1 Å². The van der Waals surface area contributed by atoms with E-state index in [1.54, 1.807) is 4.52 Å². The minimum absolute atomic E-state index is 0.00266. The van der Waals surface area contributed by atoms with Gasteiger partial charge >= 0.3 is 0 Å². The summed E-state index contributed by atoms with van der Waals surface area (Å²) in [6, 6.07) is 0.133. The average molecular weight is 529 g/mol. The van der Waals surface area contributed by atoms with Crippen molar-refractivity contribution in [2.75, 3.05) is 58.4 Å². The Morgan fingerprint density at radius 2 is 2.03 bits per heavy atom. The van der Waals surface area contributed by atoms with E-state index < -0.39 is 0 Å². The molecule has 0 bridgehead atoms. The number of imidazole rings is 1. The molecule has 0 radical (unpaired) electrons. The maximum Gasteiger partial charge on any atom is 0.252 e. The van der Waals surface area contributed by atoms with Gasteiger partial charge in [0.25, 0.3) is 5.78 Å². The van der Waals surface area contributed by atoms with Crippen LogP contribution in [-0.2, 0) is 20.7 Å². The molecule has 0 saturated carbocycles. The standard InChI is InChI=1S/C27H44N8O3/c1-5-19(2)8-6-10-21(28-3)23-17-35-27(30-23)31-25(22(32-35)16-20-9-7-11-29-26(20)37)34-14-12-33(13-15-34)24(36)18-38-4/h17,19-21,28H,5-16,18H2,1-4H3,(H,29,37). The van der Waals surface area contributed by atoms with Gasteiger partial charge in [-0.05, 0) is 32.2 Å². The molecule has 38 heavy (non-hydrogen) atoms. The topological polar surface area (TPSA) is 117 Å². The van der Waals surface area contributed by atoms with Crippen molar-refractivity contribution >= 4 is 23.4 Å². The third kappa shape index (κ3) is 6.79. The zero-order valence-electron chi connectivity index (χ0n) is 23.4. The molecule has 2 aliphatic heterocycles. The number of fused-ring (bicyclic) bond motifs is 1. The molecule has 0 spiro atoms. The van der Waals surface area contributed by atoms with Crippen LogP contribution in [0.15, 0.2) is 6.20 Å². The third-order valence-electron chi connectivity index (χ3n) is 8.01. The lowest BCUT2D eigenvalue weighted by Crippen LogP contribution is -2.50. The number of carbonyl (C=O) groups excluding carboxylic acids is 2. The van der Waals surface area contributed by atoms with Crippen LogP contribution in [0.3, 0.4) is 0 Å². The van der Waals surface area contributed by atoms with Crippen molar-refractivity contribution in [1.29, 1.82) is 0 Å². The van der Waals surface area contributed by atoms with Crippen molar-refractivity contribution in [2.45, 2.75) is 64.8 Å². The van der Waals surface area contributed by atoms with Crippen LogP contribution in [0, 0.1) is 11.8 Å². The van der Waals surface area contributed by atoms with Gasteiger partial charge < -0.3 is 25.2 Å². The summed E-state index contributed by atoms with van der Waals surface area (Å²) < 4.78 is 6.79. The second-order valence-corrected chi connectivity index (χ2v) is 10.7. The molecule has 2 aromatic rings. The second kappa shape index (κ2) is 13.3. The molecule has 4 rings (SSSR count). The van der Waals surface area contributed by atoms with Gasteiger partial charge in [0.05, 0.1) is 17.9 Å². The quantitative estimate of drug-likeness (QED) is 0.430. The number of amides is 2. The lowest BCUT2D eigenvalue weighted by Gasteiger charge is -2.36. The molecule has 0 aromatic carbocycles. The lowest BCUT2D eigenvalue weighted by molar-refractivity contribution is -0.135. The van der Waals surface area contributed by atoms with E-state index in [0.29, 0.717) is 38.4 Å². The number of aromatic nitrogens is 4. The Hall–Kier alpha value is -2.79. The number of nitrogens with zero attached hydrogens (tertiary/aromatic N) is 6. The first kappa shape index (κ1) is 28.2. The molecule has 2 N–H and O–H groups in total. The van der Waals surface area contributed by atoms with Crippen molar-refractivity contribution < 1.29 is 14.3 Å². The summed E-state index contributed by atoms with van der Waals surface area (Å²) in [7, 11) is 3.51. The van der Waals surface area contributed by atoms with Crippen LogP contribution >= 0.6 is 0 Å². The molecule has 3 unspecified atom stereocenters. The van der Waals surface area contributed by atoms with Crippen LogP contribution in [0.25, 0.3) is 5.78 Å². The lowest BCUT2D eigenvalue weighted by atomic mass is 9.93. The number of rotatable bonds is 12. The van der Waals surface area contributed by atoms with E-state index >= 15 is 0 Å². The van der Waals surface area contributed by atoms with Gasteiger partial charge in [0, 0.05) is 52.2 Å². The summed E-state index contributed by atoms with van der Waals surface area (Å²) in [5.41, 5.74) is 1.74. The summed E-state index contributed by atoms with van der Waals surface area (Å²) in [4.78, 5) is 38.7. The van der Waals surface area contributed by atoms with Gasteiger partial charge in [0.15, 0.2) is 5.82 Å². The van der Waals surface area contributed by atoms with Crippen LogP contribution < -0.4 is 15.5 Å². The van der Waals surface area contributed by atoms with Gasteiger partial charge in [-0.15, -0.1) is 0 Å². The SMILES string of the molecule is CCC(C)CCCC(NC)c1cn2nc(CC3CCCNC3=O)c(N3CCN(C(=O)COC)CC3)nc2n1. The molecule has 2 aromatic heterocycles. The summed E-state index contributed by atoms with van der Waals surface area (Å²) in [6.45, 7) is 7.84. The van der Waals surface area contributed by atoms with Gasteiger partial charge in [-0.3, -0.25) is 9.59 Å². The summed E-state index contributed by atoms with van der Waals surface area (Å²) >= 11 is 0. The molecule has 2 saturated heterocycles. The Kier molecular flexibility index (Phi) is 9.90. The number of anilines is 1. The number of piperazine rings is 1. The summed E-state index contributed by atoms with van der Waals surface area (Å²) in [5.74, 6) is 2.02. The highest BCUT2D eigenvalue weighted by Gasteiger charge is 2.29. The van der Waals surface area contributed by atoms with Gasteiger partial charge in [0.2, 0.25) is 11.8 Å². The first-order valence-electron chi connectivity index (χ1n) is 14.2. The Morgan fingerprint density at radius 1 is 1.24 bits per heavy atom. The second-order valence-electron chi connectivity index (χ2n) is 10.7. The minimum atomic E-state index is -0.118. The molecule has 0 aliphatic carbocycles. The van der Waals surface area contributed by atoms with E-state index in [2.05, 4.69) is 29.4 Å². The zero-order chi connectivity index (χ0) is 27.1. The number of hydrogen-bond acceptors (Lipinski definition) is 8. The van der Waals surface area contributed by atoms with Crippen LogP contribution in [0.1, 0.15) is 69.8 Å². The fourth-order valence-corrected chi connectivity index (χ4v) is 5.38. The van der Waals surface area contributed by atoms with Crippen molar-refractivity contribution in [1.82, 2.24) is 35.1 Å². The number of ether oxygens (including phenoxy) is 1.